The molecule has 1 unspecified atom stereocenters. The summed E-state index contributed by atoms with van der Waals surface area (Å²) in [5.74, 6) is -0.0420. The van der Waals surface area contributed by atoms with Crippen LogP contribution in [0.5, 0.6) is 0 Å². The highest BCUT2D eigenvalue weighted by Gasteiger charge is 2.27. The number of hydrogen-bond acceptors (Lipinski definition) is 4. The van der Waals surface area contributed by atoms with E-state index >= 15 is 0 Å². The molecule has 1 aliphatic heterocycles. The monoisotopic (exact) mass is 207 g/mol. The Bertz CT molecular complexity index is 298. The highest BCUT2D eigenvalue weighted by molar-refractivity contribution is 7.86. The Labute approximate surface area is 77.8 Å². The minimum absolute atomic E-state index is 0.0420. The molecule has 6 heteroatoms. The van der Waals surface area contributed by atoms with E-state index in [0.717, 1.165) is 6.26 Å². The lowest BCUT2D eigenvalue weighted by Crippen LogP contribution is -2.28. The first kappa shape index (κ1) is 10.5. The van der Waals surface area contributed by atoms with Gasteiger partial charge < -0.3 is 4.90 Å². The van der Waals surface area contributed by atoms with E-state index < -0.39 is 10.1 Å². The van der Waals surface area contributed by atoms with Gasteiger partial charge in [-0.1, -0.05) is 0 Å². The fraction of sp³-hybridized carbons (Fsp3) is 0.857. The Kier molecular flexibility index (Phi) is 2.92. The lowest BCUT2D eigenvalue weighted by molar-refractivity contribution is -0.128. The van der Waals surface area contributed by atoms with Crippen molar-refractivity contribution in [3.63, 3.8) is 0 Å². The first-order chi connectivity index (χ1) is 5.88. The van der Waals surface area contributed by atoms with Gasteiger partial charge in [0.1, 0.15) is 0 Å². The molecule has 0 bridgehead atoms. The smallest absolute Gasteiger partial charge is 0.264 e. The van der Waals surface area contributed by atoms with Crippen molar-refractivity contribution in [3.05, 3.63) is 0 Å². The summed E-state index contributed by atoms with van der Waals surface area (Å²) in [6.45, 7) is 2.42. The van der Waals surface area contributed by atoms with E-state index in [1.807, 2.05) is 0 Å². The fourth-order valence-electron chi connectivity index (χ4n) is 1.34. The Morgan fingerprint density at radius 1 is 1.54 bits per heavy atom. The van der Waals surface area contributed by atoms with Crippen LogP contribution >= 0.6 is 0 Å². The highest BCUT2D eigenvalue weighted by atomic mass is 32.2. The summed E-state index contributed by atoms with van der Waals surface area (Å²) in [7, 11) is -3.39. The molecule has 0 spiro atoms. The van der Waals surface area contributed by atoms with Crippen molar-refractivity contribution in [2.45, 2.75) is 19.4 Å². The van der Waals surface area contributed by atoms with Crippen LogP contribution in [0.25, 0.3) is 0 Å². The molecule has 1 saturated heterocycles. The summed E-state index contributed by atoms with van der Waals surface area (Å²) in [5, 5.41) is 0. The molecular formula is C7H13NO4S. The molecule has 0 aromatic heterocycles. The van der Waals surface area contributed by atoms with Gasteiger partial charge in [0.25, 0.3) is 10.1 Å². The van der Waals surface area contributed by atoms with Gasteiger partial charge in [0, 0.05) is 20.0 Å². The third kappa shape index (κ3) is 3.31. The summed E-state index contributed by atoms with van der Waals surface area (Å²) in [6, 6.07) is 0. The van der Waals surface area contributed by atoms with Gasteiger partial charge in [-0.05, 0) is 6.42 Å². The van der Waals surface area contributed by atoms with E-state index in [9.17, 15) is 13.2 Å². The third-order valence-electron chi connectivity index (χ3n) is 1.90. The molecule has 0 N–H and O–H groups in total. The van der Waals surface area contributed by atoms with Gasteiger partial charge in [-0.3, -0.25) is 8.98 Å². The van der Waals surface area contributed by atoms with Crippen LogP contribution in [0.1, 0.15) is 13.3 Å². The normalized spacial score (nSPS) is 23.5. The SMILES string of the molecule is CC(=O)N1CCC(OS(C)(=O)=O)C1. The van der Waals surface area contributed by atoms with Gasteiger partial charge in [0.05, 0.1) is 12.4 Å². The van der Waals surface area contributed by atoms with Crippen molar-refractivity contribution in [3.8, 4) is 0 Å². The number of nitrogens with zero attached hydrogens (tertiary/aromatic N) is 1. The lowest BCUT2D eigenvalue weighted by Gasteiger charge is -2.13. The maximum Gasteiger partial charge on any atom is 0.264 e. The lowest BCUT2D eigenvalue weighted by atomic mass is 10.3. The number of rotatable bonds is 2. The quantitative estimate of drug-likeness (QED) is 0.577. The first-order valence-corrected chi connectivity index (χ1v) is 5.84. The van der Waals surface area contributed by atoms with E-state index in [1.165, 1.54) is 6.92 Å². The maximum absolute atomic E-state index is 10.9. The van der Waals surface area contributed by atoms with Crippen LogP contribution in [-0.2, 0) is 19.1 Å². The summed E-state index contributed by atoms with van der Waals surface area (Å²) in [6.07, 6.45) is 1.25. The van der Waals surface area contributed by atoms with Crippen molar-refractivity contribution in [1.29, 1.82) is 0 Å². The Morgan fingerprint density at radius 3 is 2.54 bits per heavy atom. The van der Waals surface area contributed by atoms with Gasteiger partial charge in [-0.25, -0.2) is 0 Å². The van der Waals surface area contributed by atoms with Crippen LogP contribution in [0.3, 0.4) is 0 Å². The average molecular weight is 207 g/mol. The van der Waals surface area contributed by atoms with Crippen LogP contribution in [0, 0.1) is 0 Å². The molecule has 0 aromatic rings. The van der Waals surface area contributed by atoms with E-state index in [0.29, 0.717) is 19.5 Å². The van der Waals surface area contributed by atoms with Crippen molar-refractivity contribution < 1.29 is 17.4 Å². The maximum atomic E-state index is 10.9. The van der Waals surface area contributed by atoms with Gasteiger partial charge in [0.15, 0.2) is 0 Å². The summed E-state index contributed by atoms with van der Waals surface area (Å²) >= 11 is 0. The molecule has 1 amide bonds. The van der Waals surface area contributed by atoms with Crippen molar-refractivity contribution in [2.75, 3.05) is 19.3 Å². The Hall–Kier alpha value is -0.620. The molecule has 1 heterocycles. The zero-order chi connectivity index (χ0) is 10.1. The molecule has 0 radical (unpaired) electrons. The molecule has 0 aromatic carbocycles. The van der Waals surface area contributed by atoms with E-state index in [1.54, 1.807) is 4.90 Å². The second kappa shape index (κ2) is 3.63. The molecule has 1 rings (SSSR count). The average Bonchev–Trinajstić information content (AvgIpc) is 2.31. The Morgan fingerprint density at radius 2 is 2.15 bits per heavy atom. The summed E-state index contributed by atoms with van der Waals surface area (Å²) in [5.41, 5.74) is 0. The third-order valence-corrected chi connectivity index (χ3v) is 2.52. The van der Waals surface area contributed by atoms with Crippen LogP contribution in [0.4, 0.5) is 0 Å². The molecule has 5 nitrogen and oxygen atoms in total. The molecule has 1 aliphatic rings. The van der Waals surface area contributed by atoms with Gasteiger partial charge in [0.2, 0.25) is 5.91 Å². The highest BCUT2D eigenvalue weighted by Crippen LogP contribution is 2.14. The van der Waals surface area contributed by atoms with E-state index in [2.05, 4.69) is 0 Å². The van der Waals surface area contributed by atoms with Crippen molar-refractivity contribution in [2.24, 2.45) is 0 Å². The predicted molar refractivity (Wildman–Crippen MR) is 46.6 cm³/mol. The van der Waals surface area contributed by atoms with E-state index in [-0.39, 0.29) is 12.0 Å². The van der Waals surface area contributed by atoms with Crippen LogP contribution in [0.2, 0.25) is 0 Å². The molecule has 0 aliphatic carbocycles. The molecule has 0 saturated carbocycles. The molecule has 76 valence electrons. The zero-order valence-corrected chi connectivity index (χ0v) is 8.50. The second-order valence-corrected chi connectivity index (χ2v) is 4.78. The van der Waals surface area contributed by atoms with Gasteiger partial charge >= 0.3 is 0 Å². The van der Waals surface area contributed by atoms with Crippen LogP contribution in [0.15, 0.2) is 0 Å². The Balaban J connectivity index is 2.47. The number of likely N-dealkylation sites (tertiary alicyclic amines) is 1. The second-order valence-electron chi connectivity index (χ2n) is 3.18. The summed E-state index contributed by atoms with van der Waals surface area (Å²) in [4.78, 5) is 12.5. The number of amides is 1. The molecular weight excluding hydrogens is 194 g/mol. The minimum Gasteiger partial charge on any atom is -0.340 e. The first-order valence-electron chi connectivity index (χ1n) is 4.02. The number of hydrogen-bond donors (Lipinski definition) is 0. The zero-order valence-electron chi connectivity index (χ0n) is 7.69. The summed E-state index contributed by atoms with van der Waals surface area (Å²) < 4.78 is 26.2. The van der Waals surface area contributed by atoms with Gasteiger partial charge in [-0.15, -0.1) is 0 Å². The van der Waals surface area contributed by atoms with Crippen molar-refractivity contribution in [1.82, 2.24) is 4.90 Å². The largest absolute Gasteiger partial charge is 0.340 e. The van der Waals surface area contributed by atoms with Gasteiger partial charge in [-0.2, -0.15) is 8.42 Å². The molecule has 13 heavy (non-hydrogen) atoms. The number of carbonyl (C=O) groups is 1. The van der Waals surface area contributed by atoms with Crippen molar-refractivity contribution >= 4 is 16.0 Å². The van der Waals surface area contributed by atoms with Crippen LogP contribution < -0.4 is 0 Å². The van der Waals surface area contributed by atoms with Crippen LogP contribution in [-0.4, -0.2) is 44.7 Å². The van der Waals surface area contributed by atoms with E-state index in [4.69, 9.17) is 4.18 Å². The topological polar surface area (TPSA) is 63.7 Å². The predicted octanol–water partition coefficient (Wildman–Crippen LogP) is -0.417. The standard InChI is InChI=1S/C7H13NO4S/c1-6(9)8-4-3-7(5-8)12-13(2,10)11/h7H,3-5H2,1-2H3. The fourth-order valence-corrected chi connectivity index (χ4v) is 1.99. The molecule has 1 atom stereocenters. The molecule has 1 fully saturated rings. The number of carbonyl (C=O) groups excluding carboxylic acids is 1. The minimum atomic E-state index is -3.39.